The van der Waals surface area contributed by atoms with Gasteiger partial charge in [-0.3, -0.25) is 9.88 Å². The van der Waals surface area contributed by atoms with E-state index in [0.717, 1.165) is 70.0 Å². The largest absolute Gasteiger partial charge is 0.335 e. The molecule has 2 aliphatic rings. The van der Waals surface area contributed by atoms with Crippen LogP contribution >= 0.6 is 0 Å². The zero-order valence-corrected chi connectivity index (χ0v) is 14.1. The SMILES string of the molecule is CC1CCN(C(=O)NC2CCN(Cc3ccccn3)CC2)CC1. The number of aromatic nitrogens is 1. The normalized spacial score (nSPS) is 21.3. The fourth-order valence-corrected chi connectivity index (χ4v) is 3.43. The molecule has 5 heteroatoms. The van der Waals surface area contributed by atoms with Gasteiger partial charge in [0, 0.05) is 45.0 Å². The summed E-state index contributed by atoms with van der Waals surface area (Å²) >= 11 is 0. The first-order chi connectivity index (χ1) is 11.2. The summed E-state index contributed by atoms with van der Waals surface area (Å²) in [6.45, 7) is 7.05. The molecule has 0 unspecified atom stereocenters. The van der Waals surface area contributed by atoms with E-state index < -0.39 is 0 Å². The molecular weight excluding hydrogens is 288 g/mol. The van der Waals surface area contributed by atoms with E-state index in [4.69, 9.17) is 0 Å². The Bertz CT molecular complexity index is 491. The van der Waals surface area contributed by atoms with Gasteiger partial charge in [0.25, 0.3) is 0 Å². The lowest BCUT2D eigenvalue weighted by Gasteiger charge is -2.35. The molecule has 1 aromatic rings. The van der Waals surface area contributed by atoms with Crippen molar-refractivity contribution < 1.29 is 4.79 Å². The van der Waals surface area contributed by atoms with Gasteiger partial charge >= 0.3 is 6.03 Å². The molecule has 2 fully saturated rings. The van der Waals surface area contributed by atoms with Crippen LogP contribution in [0.2, 0.25) is 0 Å². The van der Waals surface area contributed by atoms with Crippen LogP contribution in [0.4, 0.5) is 4.79 Å². The number of urea groups is 1. The molecule has 2 aliphatic heterocycles. The third kappa shape index (κ3) is 4.67. The van der Waals surface area contributed by atoms with Crippen molar-refractivity contribution in [3.63, 3.8) is 0 Å². The van der Waals surface area contributed by atoms with Crippen molar-refractivity contribution in [2.45, 2.75) is 45.2 Å². The Morgan fingerprint density at radius 3 is 2.57 bits per heavy atom. The molecule has 0 bridgehead atoms. The number of pyridine rings is 1. The Morgan fingerprint density at radius 1 is 1.17 bits per heavy atom. The third-order valence-corrected chi connectivity index (χ3v) is 5.10. The van der Waals surface area contributed by atoms with Gasteiger partial charge in [0.1, 0.15) is 0 Å². The number of hydrogen-bond donors (Lipinski definition) is 1. The van der Waals surface area contributed by atoms with Crippen LogP contribution in [0.15, 0.2) is 24.4 Å². The Balaban J connectivity index is 1.40. The quantitative estimate of drug-likeness (QED) is 0.932. The van der Waals surface area contributed by atoms with Crippen LogP contribution in [0.25, 0.3) is 0 Å². The summed E-state index contributed by atoms with van der Waals surface area (Å²) in [7, 11) is 0. The number of piperidine rings is 2. The average Bonchev–Trinajstić information content (AvgIpc) is 2.58. The molecule has 2 saturated heterocycles. The molecule has 2 amide bonds. The molecule has 0 aromatic carbocycles. The number of carbonyl (C=O) groups excluding carboxylic acids is 1. The van der Waals surface area contributed by atoms with E-state index in [2.05, 4.69) is 28.2 Å². The van der Waals surface area contributed by atoms with Gasteiger partial charge < -0.3 is 10.2 Å². The van der Waals surface area contributed by atoms with Crippen molar-refractivity contribution in [2.24, 2.45) is 5.92 Å². The molecular formula is C18H28N4O. The van der Waals surface area contributed by atoms with Gasteiger partial charge in [-0.2, -0.15) is 0 Å². The van der Waals surface area contributed by atoms with Crippen LogP contribution in [-0.2, 0) is 6.54 Å². The summed E-state index contributed by atoms with van der Waals surface area (Å²) in [6.07, 6.45) is 6.18. The van der Waals surface area contributed by atoms with Gasteiger partial charge in [-0.25, -0.2) is 4.79 Å². The minimum absolute atomic E-state index is 0.139. The van der Waals surface area contributed by atoms with E-state index in [-0.39, 0.29) is 6.03 Å². The fraction of sp³-hybridized carbons (Fsp3) is 0.667. The molecule has 0 radical (unpaired) electrons. The number of likely N-dealkylation sites (tertiary alicyclic amines) is 2. The number of amides is 2. The minimum atomic E-state index is 0.139. The molecule has 1 aromatic heterocycles. The maximum Gasteiger partial charge on any atom is 0.317 e. The van der Waals surface area contributed by atoms with E-state index in [1.165, 1.54) is 0 Å². The summed E-state index contributed by atoms with van der Waals surface area (Å²) in [5.41, 5.74) is 1.12. The standard InChI is InChI=1S/C18H28N4O/c1-15-5-12-22(13-6-15)18(23)20-16-7-10-21(11-8-16)14-17-4-2-3-9-19-17/h2-4,9,15-16H,5-8,10-14H2,1H3,(H,20,23). The lowest BCUT2D eigenvalue weighted by Crippen LogP contribution is -2.50. The van der Waals surface area contributed by atoms with Crippen LogP contribution in [0.5, 0.6) is 0 Å². The topological polar surface area (TPSA) is 48.5 Å². The summed E-state index contributed by atoms with van der Waals surface area (Å²) in [4.78, 5) is 21.1. The zero-order chi connectivity index (χ0) is 16.1. The molecule has 0 atom stereocenters. The summed E-state index contributed by atoms with van der Waals surface area (Å²) in [5, 5.41) is 3.23. The van der Waals surface area contributed by atoms with Gasteiger partial charge in [0.15, 0.2) is 0 Å². The zero-order valence-electron chi connectivity index (χ0n) is 14.1. The summed E-state index contributed by atoms with van der Waals surface area (Å²) < 4.78 is 0. The number of nitrogens with one attached hydrogen (secondary N) is 1. The van der Waals surface area contributed by atoms with Crippen LogP contribution in [0, 0.1) is 5.92 Å². The van der Waals surface area contributed by atoms with E-state index in [9.17, 15) is 4.79 Å². The number of hydrogen-bond acceptors (Lipinski definition) is 3. The van der Waals surface area contributed by atoms with Crippen molar-refractivity contribution in [1.29, 1.82) is 0 Å². The van der Waals surface area contributed by atoms with Crippen molar-refractivity contribution in [2.75, 3.05) is 26.2 Å². The van der Waals surface area contributed by atoms with E-state index in [1.54, 1.807) is 0 Å². The smallest absolute Gasteiger partial charge is 0.317 e. The minimum Gasteiger partial charge on any atom is -0.335 e. The molecule has 126 valence electrons. The fourth-order valence-electron chi connectivity index (χ4n) is 3.43. The number of rotatable bonds is 3. The maximum absolute atomic E-state index is 12.3. The van der Waals surface area contributed by atoms with Crippen LogP contribution in [0.3, 0.4) is 0 Å². The maximum atomic E-state index is 12.3. The molecule has 3 rings (SSSR count). The third-order valence-electron chi connectivity index (χ3n) is 5.10. The predicted molar refractivity (Wildman–Crippen MR) is 91.0 cm³/mol. The average molecular weight is 316 g/mol. The number of nitrogens with zero attached hydrogens (tertiary/aromatic N) is 3. The lowest BCUT2D eigenvalue weighted by atomic mass is 9.99. The first kappa shape index (κ1) is 16.2. The first-order valence-corrected chi connectivity index (χ1v) is 8.88. The van der Waals surface area contributed by atoms with Gasteiger partial charge in [0.05, 0.1) is 5.69 Å². The highest BCUT2D eigenvalue weighted by molar-refractivity contribution is 5.74. The lowest BCUT2D eigenvalue weighted by molar-refractivity contribution is 0.155. The summed E-state index contributed by atoms with van der Waals surface area (Å²) in [5.74, 6) is 0.758. The second-order valence-electron chi connectivity index (χ2n) is 6.99. The molecule has 0 spiro atoms. The van der Waals surface area contributed by atoms with Crippen molar-refractivity contribution in [1.82, 2.24) is 20.1 Å². The molecule has 5 nitrogen and oxygen atoms in total. The van der Waals surface area contributed by atoms with Gasteiger partial charge in [-0.1, -0.05) is 13.0 Å². The second-order valence-corrected chi connectivity index (χ2v) is 6.99. The van der Waals surface area contributed by atoms with E-state index >= 15 is 0 Å². The van der Waals surface area contributed by atoms with Crippen molar-refractivity contribution >= 4 is 6.03 Å². The molecule has 23 heavy (non-hydrogen) atoms. The molecule has 1 N–H and O–H groups in total. The second kappa shape index (κ2) is 7.77. The highest BCUT2D eigenvalue weighted by atomic mass is 16.2. The van der Waals surface area contributed by atoms with Crippen molar-refractivity contribution in [3.8, 4) is 0 Å². The highest BCUT2D eigenvalue weighted by Gasteiger charge is 2.25. The van der Waals surface area contributed by atoms with Crippen LogP contribution in [0.1, 0.15) is 38.3 Å². The van der Waals surface area contributed by atoms with Gasteiger partial charge in [-0.05, 0) is 43.7 Å². The number of carbonyl (C=O) groups is 1. The molecule has 0 saturated carbocycles. The monoisotopic (exact) mass is 316 g/mol. The Kier molecular flexibility index (Phi) is 5.49. The summed E-state index contributed by atoms with van der Waals surface area (Å²) in [6, 6.07) is 6.52. The van der Waals surface area contributed by atoms with Crippen LogP contribution < -0.4 is 5.32 Å². The van der Waals surface area contributed by atoms with Gasteiger partial charge in [-0.15, -0.1) is 0 Å². The molecule has 3 heterocycles. The van der Waals surface area contributed by atoms with E-state index in [1.807, 2.05) is 23.2 Å². The Morgan fingerprint density at radius 2 is 1.91 bits per heavy atom. The first-order valence-electron chi connectivity index (χ1n) is 8.88. The van der Waals surface area contributed by atoms with Crippen molar-refractivity contribution in [3.05, 3.63) is 30.1 Å². The Labute approximate surface area is 139 Å². The Hall–Kier alpha value is -1.62. The van der Waals surface area contributed by atoms with Crippen LogP contribution in [-0.4, -0.2) is 53.0 Å². The molecule has 0 aliphatic carbocycles. The predicted octanol–water partition coefficient (Wildman–Crippen LogP) is 2.49. The van der Waals surface area contributed by atoms with E-state index in [0.29, 0.717) is 6.04 Å². The highest BCUT2D eigenvalue weighted by Crippen LogP contribution is 2.17. The van der Waals surface area contributed by atoms with Gasteiger partial charge in [0.2, 0.25) is 0 Å².